The molecule has 0 aromatic heterocycles. The van der Waals surface area contributed by atoms with Crippen molar-refractivity contribution in [3.8, 4) is 34.1 Å². The Kier molecular flexibility index (Phi) is 12.5. The van der Waals surface area contributed by atoms with Gasteiger partial charge in [-0.2, -0.15) is 0 Å². The van der Waals surface area contributed by atoms with E-state index >= 15 is 4.39 Å². The van der Waals surface area contributed by atoms with E-state index in [1.807, 2.05) is 0 Å². The monoisotopic (exact) mass is 668 g/mol. The predicted octanol–water partition coefficient (Wildman–Crippen LogP) is 7.29. The Balaban J connectivity index is 2.04. The first-order valence-electron chi connectivity index (χ1n) is 14.5. The standard InChI is InChI=1S/C38H33FO10/c1-21(2)35(41)46-20-45-26-12-9-25(10-13-26)11-16-32(40)30-19-33(48-37(43)23(5)6)29(18-34(30)49-38(44)24(7)8)28-15-14-27(17-31(28)39)47-36(42)22(3)4/h9-19H,1,3,5,7,20H2,2,4,6,8H3/b16-11+. The van der Waals surface area contributed by atoms with Gasteiger partial charge >= 0.3 is 23.9 Å². The molecule has 49 heavy (non-hydrogen) atoms. The fraction of sp³-hybridized carbons (Fsp3) is 0.132. The van der Waals surface area contributed by atoms with Gasteiger partial charge < -0.3 is 23.7 Å². The minimum absolute atomic E-state index is 0.0137. The molecule has 252 valence electrons. The van der Waals surface area contributed by atoms with Crippen molar-refractivity contribution >= 4 is 35.7 Å². The molecule has 0 amide bonds. The summed E-state index contributed by atoms with van der Waals surface area (Å²) >= 11 is 0. The van der Waals surface area contributed by atoms with Crippen LogP contribution in [0.1, 0.15) is 43.6 Å². The number of rotatable bonds is 14. The van der Waals surface area contributed by atoms with E-state index in [0.29, 0.717) is 11.3 Å². The SMILES string of the molecule is C=C(C)C(=O)OCOc1ccc(/C=C/C(=O)c2cc(OC(=O)C(=C)C)c(-c3ccc(OC(=O)C(=C)C)cc3F)cc2OC(=O)C(=C)C)cc1. The van der Waals surface area contributed by atoms with Crippen molar-refractivity contribution in [3.63, 3.8) is 0 Å². The lowest BCUT2D eigenvalue weighted by Gasteiger charge is -2.16. The van der Waals surface area contributed by atoms with Crippen molar-refractivity contribution in [1.29, 1.82) is 0 Å². The third-order valence-corrected chi connectivity index (χ3v) is 6.31. The maximum absolute atomic E-state index is 15.5. The number of allylic oxidation sites excluding steroid dienone is 1. The van der Waals surface area contributed by atoms with Crippen LogP contribution < -0.4 is 18.9 Å². The van der Waals surface area contributed by atoms with Gasteiger partial charge in [0.1, 0.15) is 28.8 Å². The highest BCUT2D eigenvalue weighted by Gasteiger charge is 2.24. The lowest BCUT2D eigenvalue weighted by Crippen LogP contribution is -2.14. The highest BCUT2D eigenvalue weighted by atomic mass is 19.1. The quantitative estimate of drug-likeness (QED) is 0.0567. The van der Waals surface area contributed by atoms with Gasteiger partial charge in [0, 0.05) is 39.5 Å². The van der Waals surface area contributed by atoms with Crippen LogP contribution in [-0.4, -0.2) is 36.5 Å². The molecule has 11 heteroatoms. The summed E-state index contributed by atoms with van der Waals surface area (Å²) < 4.78 is 41.8. The number of hydrogen-bond acceptors (Lipinski definition) is 10. The second kappa shape index (κ2) is 16.5. The molecule has 3 aromatic carbocycles. The van der Waals surface area contributed by atoms with Crippen molar-refractivity contribution in [2.24, 2.45) is 0 Å². The number of halogens is 1. The maximum Gasteiger partial charge on any atom is 0.338 e. The summed E-state index contributed by atoms with van der Waals surface area (Å²) in [6, 6.07) is 12.2. The van der Waals surface area contributed by atoms with Crippen LogP contribution in [0.15, 0.2) is 109 Å². The van der Waals surface area contributed by atoms with Crippen LogP contribution in [-0.2, 0) is 23.9 Å². The second-order valence-electron chi connectivity index (χ2n) is 10.7. The topological polar surface area (TPSA) is 132 Å². The Morgan fingerprint density at radius 3 is 1.71 bits per heavy atom. The van der Waals surface area contributed by atoms with E-state index in [4.69, 9.17) is 23.7 Å². The van der Waals surface area contributed by atoms with Crippen LogP contribution in [0.4, 0.5) is 4.39 Å². The van der Waals surface area contributed by atoms with Crippen LogP contribution in [0, 0.1) is 5.82 Å². The lowest BCUT2D eigenvalue weighted by molar-refractivity contribution is -0.145. The summed E-state index contributed by atoms with van der Waals surface area (Å²) in [5, 5.41) is 0. The highest BCUT2D eigenvalue weighted by molar-refractivity contribution is 6.10. The van der Waals surface area contributed by atoms with Crippen molar-refractivity contribution in [3.05, 3.63) is 126 Å². The summed E-state index contributed by atoms with van der Waals surface area (Å²) in [6.45, 7) is 19.5. The maximum atomic E-state index is 15.5. The molecule has 0 aliphatic heterocycles. The van der Waals surface area contributed by atoms with Gasteiger partial charge in [-0.1, -0.05) is 44.5 Å². The van der Waals surface area contributed by atoms with Crippen LogP contribution in [0.5, 0.6) is 23.0 Å². The Labute approximate surface area is 282 Å². The predicted molar refractivity (Wildman–Crippen MR) is 179 cm³/mol. The summed E-state index contributed by atoms with van der Waals surface area (Å²) in [4.78, 5) is 62.2. The van der Waals surface area contributed by atoms with Crippen LogP contribution in [0.2, 0.25) is 0 Å². The molecular weight excluding hydrogens is 635 g/mol. The van der Waals surface area contributed by atoms with Gasteiger partial charge in [0.15, 0.2) is 5.78 Å². The van der Waals surface area contributed by atoms with Gasteiger partial charge in [0.25, 0.3) is 0 Å². The van der Waals surface area contributed by atoms with Crippen LogP contribution in [0.25, 0.3) is 17.2 Å². The molecule has 10 nitrogen and oxygen atoms in total. The molecule has 0 atom stereocenters. The minimum atomic E-state index is -0.891. The van der Waals surface area contributed by atoms with E-state index in [1.54, 1.807) is 24.3 Å². The number of carbonyl (C=O) groups excluding carboxylic acids is 5. The first-order chi connectivity index (χ1) is 23.1. The van der Waals surface area contributed by atoms with E-state index in [1.165, 1.54) is 58.0 Å². The van der Waals surface area contributed by atoms with Gasteiger partial charge in [-0.05, 0) is 75.7 Å². The number of benzene rings is 3. The molecule has 0 heterocycles. The number of hydrogen-bond donors (Lipinski definition) is 0. The molecule has 0 N–H and O–H groups in total. The summed E-state index contributed by atoms with van der Waals surface area (Å²) in [7, 11) is 0. The number of ketones is 1. The molecule has 0 spiro atoms. The molecule has 0 saturated heterocycles. The first kappa shape index (κ1) is 37.1. The first-order valence-corrected chi connectivity index (χ1v) is 14.5. The molecule has 3 aromatic rings. The average molecular weight is 669 g/mol. The fourth-order valence-corrected chi connectivity index (χ4v) is 3.69. The lowest BCUT2D eigenvalue weighted by atomic mass is 9.98. The minimum Gasteiger partial charge on any atom is -0.457 e. The number of carbonyl (C=O) groups is 5. The molecule has 0 aliphatic rings. The normalized spacial score (nSPS) is 10.5. The Morgan fingerprint density at radius 2 is 1.16 bits per heavy atom. The zero-order chi connectivity index (χ0) is 36.4. The third-order valence-electron chi connectivity index (χ3n) is 6.31. The van der Waals surface area contributed by atoms with E-state index in [0.717, 1.165) is 12.1 Å². The molecule has 0 radical (unpaired) electrons. The molecular formula is C38H33FO10. The van der Waals surface area contributed by atoms with E-state index in [2.05, 4.69) is 26.3 Å². The summed E-state index contributed by atoms with van der Waals surface area (Å²) in [5.41, 5.74) is 0.512. The molecule has 0 saturated carbocycles. The van der Waals surface area contributed by atoms with Gasteiger partial charge in [-0.15, -0.1) is 0 Å². The molecule has 0 fully saturated rings. The van der Waals surface area contributed by atoms with Crippen molar-refractivity contribution in [1.82, 2.24) is 0 Å². The van der Waals surface area contributed by atoms with Crippen LogP contribution in [0.3, 0.4) is 0 Å². The third kappa shape index (κ3) is 10.3. The van der Waals surface area contributed by atoms with Crippen molar-refractivity contribution < 1.29 is 52.0 Å². The van der Waals surface area contributed by atoms with Crippen LogP contribution >= 0.6 is 0 Å². The summed E-state index contributed by atoms with van der Waals surface area (Å²) in [6.07, 6.45) is 2.66. The largest absolute Gasteiger partial charge is 0.457 e. The zero-order valence-corrected chi connectivity index (χ0v) is 27.3. The number of ether oxygens (including phenoxy) is 5. The Bertz CT molecular complexity index is 1910. The smallest absolute Gasteiger partial charge is 0.338 e. The van der Waals surface area contributed by atoms with E-state index in [9.17, 15) is 24.0 Å². The zero-order valence-electron chi connectivity index (χ0n) is 27.3. The van der Waals surface area contributed by atoms with Gasteiger partial charge in [0.05, 0.1) is 5.56 Å². The molecule has 3 rings (SSSR count). The number of esters is 4. The highest BCUT2D eigenvalue weighted by Crippen LogP contribution is 2.39. The van der Waals surface area contributed by atoms with Crippen molar-refractivity contribution in [2.45, 2.75) is 27.7 Å². The van der Waals surface area contributed by atoms with Gasteiger partial charge in [-0.3, -0.25) is 4.79 Å². The van der Waals surface area contributed by atoms with Gasteiger partial charge in [-0.25, -0.2) is 23.6 Å². The van der Waals surface area contributed by atoms with Crippen molar-refractivity contribution in [2.75, 3.05) is 6.79 Å². The molecule has 0 bridgehead atoms. The molecule has 0 unspecified atom stereocenters. The van der Waals surface area contributed by atoms with E-state index < -0.39 is 35.5 Å². The Morgan fingerprint density at radius 1 is 0.633 bits per heavy atom. The van der Waals surface area contributed by atoms with Gasteiger partial charge in [0.2, 0.25) is 6.79 Å². The molecule has 0 aliphatic carbocycles. The summed E-state index contributed by atoms with van der Waals surface area (Å²) in [5.74, 6) is -4.92. The second-order valence-corrected chi connectivity index (χ2v) is 10.7. The Hall–Kier alpha value is -6.36. The van der Waals surface area contributed by atoms with E-state index in [-0.39, 0.29) is 63.0 Å². The average Bonchev–Trinajstić information content (AvgIpc) is 3.04. The fourth-order valence-electron chi connectivity index (χ4n) is 3.69.